The quantitative estimate of drug-likeness (QED) is 0.131. The van der Waals surface area contributed by atoms with Crippen molar-refractivity contribution >= 4 is 41.4 Å². The first kappa shape index (κ1) is 42.7. The third-order valence-electron chi connectivity index (χ3n) is 8.80. The largest absolute Gasteiger partial charge is 0.449 e. The number of likely N-dealkylation sites (tertiary alicyclic amines) is 1. The normalized spacial score (nSPS) is 18.2. The van der Waals surface area contributed by atoms with E-state index in [-0.39, 0.29) is 24.4 Å². The number of ether oxygens (including phenoxy) is 1. The lowest BCUT2D eigenvalue weighted by molar-refractivity contribution is -0.144. The van der Waals surface area contributed by atoms with Crippen LogP contribution in [-0.2, 0) is 33.5 Å². The SMILES string of the molecule is C=C(/C=C\C=C/C)[C@H](NC(=O)CNC(=O)C(=O)C(CCC)NC(=O)[C@@H]1CC2(CC2)CN1C(=O)[C@@H](NC(=O)OCC(C)C)C(C)(C)C)C(=O)N(C)C. The van der Waals surface area contributed by atoms with Crippen LogP contribution >= 0.6 is 0 Å². The van der Waals surface area contributed by atoms with Gasteiger partial charge in [-0.3, -0.25) is 28.8 Å². The van der Waals surface area contributed by atoms with E-state index in [9.17, 15) is 33.6 Å². The summed E-state index contributed by atoms with van der Waals surface area (Å²) in [6.45, 7) is 16.6. The van der Waals surface area contributed by atoms with Crippen molar-refractivity contribution in [1.29, 1.82) is 0 Å². The van der Waals surface area contributed by atoms with Gasteiger partial charge in [0.15, 0.2) is 0 Å². The molecular weight excluding hydrogens is 656 g/mol. The van der Waals surface area contributed by atoms with Crippen LogP contribution in [0, 0.1) is 16.7 Å². The van der Waals surface area contributed by atoms with E-state index in [4.69, 9.17) is 4.74 Å². The zero-order valence-electron chi connectivity index (χ0n) is 31.7. The van der Waals surface area contributed by atoms with Gasteiger partial charge in [0.05, 0.1) is 19.2 Å². The molecule has 284 valence electrons. The molecule has 2 rings (SSSR count). The average molecular weight is 715 g/mol. The highest BCUT2D eigenvalue weighted by Crippen LogP contribution is 2.55. The third-order valence-corrected chi connectivity index (χ3v) is 8.80. The molecule has 14 nitrogen and oxygen atoms in total. The van der Waals surface area contributed by atoms with Crippen LogP contribution in [-0.4, -0.2) is 109 Å². The Labute approximate surface area is 302 Å². The summed E-state index contributed by atoms with van der Waals surface area (Å²) in [5.41, 5.74) is -0.612. The Morgan fingerprint density at radius 1 is 1.02 bits per heavy atom. The molecule has 1 spiro atoms. The number of hydrogen-bond donors (Lipinski definition) is 4. The van der Waals surface area contributed by atoms with Gasteiger partial charge in [-0.05, 0) is 54.9 Å². The number of hydrogen-bond acceptors (Lipinski definition) is 8. The van der Waals surface area contributed by atoms with Gasteiger partial charge in [0.25, 0.3) is 5.91 Å². The Bertz CT molecular complexity index is 1390. The number of amides is 6. The summed E-state index contributed by atoms with van der Waals surface area (Å²) in [4.78, 5) is 95.0. The molecule has 4 N–H and O–H groups in total. The highest BCUT2D eigenvalue weighted by atomic mass is 16.5. The predicted molar refractivity (Wildman–Crippen MR) is 193 cm³/mol. The van der Waals surface area contributed by atoms with E-state index in [0.29, 0.717) is 25.0 Å². The summed E-state index contributed by atoms with van der Waals surface area (Å²) < 4.78 is 5.27. The molecule has 1 saturated carbocycles. The van der Waals surface area contributed by atoms with Gasteiger partial charge in [-0.25, -0.2) is 4.79 Å². The monoisotopic (exact) mass is 714 g/mol. The molecule has 0 radical (unpaired) electrons. The fraction of sp³-hybridized carbons (Fsp3) is 0.649. The molecule has 0 aromatic rings. The van der Waals surface area contributed by atoms with Gasteiger partial charge in [0, 0.05) is 20.6 Å². The maximum atomic E-state index is 14.0. The summed E-state index contributed by atoms with van der Waals surface area (Å²) in [6.07, 6.45) is 8.71. The van der Waals surface area contributed by atoms with Crippen molar-refractivity contribution in [3.05, 3.63) is 36.5 Å². The number of carbonyl (C=O) groups is 7. The molecule has 1 aliphatic carbocycles. The van der Waals surface area contributed by atoms with Crippen molar-refractivity contribution in [1.82, 2.24) is 31.1 Å². The number of ketones is 1. The molecule has 1 heterocycles. The molecule has 51 heavy (non-hydrogen) atoms. The van der Waals surface area contributed by atoms with Crippen LogP contribution in [0.15, 0.2) is 36.5 Å². The summed E-state index contributed by atoms with van der Waals surface area (Å²) >= 11 is 0. The second-order valence-electron chi connectivity index (χ2n) is 15.2. The van der Waals surface area contributed by atoms with Crippen molar-refractivity contribution in [3.8, 4) is 0 Å². The molecule has 2 aliphatic rings. The van der Waals surface area contributed by atoms with Crippen LogP contribution in [0.3, 0.4) is 0 Å². The van der Waals surface area contributed by atoms with Crippen LogP contribution in [0.4, 0.5) is 4.79 Å². The summed E-state index contributed by atoms with van der Waals surface area (Å²) in [5, 5.41) is 10.2. The van der Waals surface area contributed by atoms with E-state index >= 15 is 0 Å². The molecular formula is C37H58N6O8. The van der Waals surface area contributed by atoms with E-state index in [1.165, 1.54) is 23.9 Å². The number of nitrogens with one attached hydrogen (secondary N) is 4. The van der Waals surface area contributed by atoms with Crippen LogP contribution in [0.25, 0.3) is 0 Å². The number of rotatable bonds is 17. The Hall–Kier alpha value is -4.49. The second kappa shape index (κ2) is 18.7. The van der Waals surface area contributed by atoms with Crippen molar-refractivity contribution in [2.45, 2.75) is 105 Å². The number of Topliss-reactive ketones (excluding diaryl/α,β-unsaturated/α-hetero) is 1. The highest BCUT2D eigenvalue weighted by Gasteiger charge is 2.56. The number of carbonyl (C=O) groups excluding carboxylic acids is 7. The van der Waals surface area contributed by atoms with Crippen LogP contribution in [0.1, 0.15) is 80.6 Å². The Kier molecular flexibility index (Phi) is 15.6. The van der Waals surface area contributed by atoms with Crippen LogP contribution in [0.2, 0.25) is 0 Å². The van der Waals surface area contributed by atoms with Gasteiger partial charge >= 0.3 is 6.09 Å². The molecule has 0 aromatic heterocycles. The maximum absolute atomic E-state index is 14.0. The van der Waals surface area contributed by atoms with E-state index in [1.54, 1.807) is 31.2 Å². The molecule has 14 heteroatoms. The second-order valence-corrected chi connectivity index (χ2v) is 15.2. The lowest BCUT2D eigenvalue weighted by Crippen LogP contribution is -2.59. The standard InChI is InChI=1S/C37H58N6O8/c1-11-13-14-16-24(5)28(33(48)42(9)10)40-27(44)20-38-32(47)29(45)25(15-12-2)39-31(46)26-19-37(17-18-37)22-43(26)34(49)30(36(6,7)8)41-35(50)51-21-23(3)4/h11,13-14,16,23,25-26,28,30H,5,12,15,17-22H2,1-4,6-10H3,(H,38,47)(H,39,46)(H,40,44)(H,41,50)/b13-11-,16-14-/t25?,26-,28-,30+/m0/s1. The fourth-order valence-corrected chi connectivity index (χ4v) is 5.68. The first-order valence-corrected chi connectivity index (χ1v) is 17.6. The Morgan fingerprint density at radius 3 is 2.20 bits per heavy atom. The minimum atomic E-state index is -1.21. The predicted octanol–water partition coefficient (Wildman–Crippen LogP) is 2.40. The average Bonchev–Trinajstić information content (AvgIpc) is 3.70. The molecule has 1 unspecified atom stereocenters. The van der Waals surface area contributed by atoms with E-state index in [0.717, 1.165) is 12.8 Å². The lowest BCUT2D eigenvalue weighted by atomic mass is 9.85. The molecule has 2 fully saturated rings. The van der Waals surface area contributed by atoms with E-state index < -0.39 is 77.5 Å². The minimum absolute atomic E-state index is 0.103. The van der Waals surface area contributed by atoms with Gasteiger partial charge in [0.2, 0.25) is 29.4 Å². The Balaban J connectivity index is 2.15. The molecule has 1 saturated heterocycles. The van der Waals surface area contributed by atoms with Crippen molar-refractivity contribution < 1.29 is 38.3 Å². The molecule has 0 aromatic carbocycles. The minimum Gasteiger partial charge on any atom is -0.449 e. The smallest absolute Gasteiger partial charge is 0.407 e. The summed E-state index contributed by atoms with van der Waals surface area (Å²) in [7, 11) is 3.06. The maximum Gasteiger partial charge on any atom is 0.407 e. The first-order valence-electron chi connectivity index (χ1n) is 17.6. The van der Waals surface area contributed by atoms with Crippen LogP contribution in [0.5, 0.6) is 0 Å². The fourth-order valence-electron chi connectivity index (χ4n) is 5.68. The van der Waals surface area contributed by atoms with Gasteiger partial charge in [-0.1, -0.05) is 78.8 Å². The number of allylic oxidation sites excluding steroid dienone is 3. The lowest BCUT2D eigenvalue weighted by Gasteiger charge is -2.35. The van der Waals surface area contributed by atoms with Gasteiger partial charge in [-0.15, -0.1) is 0 Å². The van der Waals surface area contributed by atoms with Crippen LogP contribution < -0.4 is 21.3 Å². The molecule has 0 bridgehead atoms. The van der Waals surface area contributed by atoms with Gasteiger partial charge in [0.1, 0.15) is 18.1 Å². The summed E-state index contributed by atoms with van der Waals surface area (Å²) in [6, 6.07) is -4.21. The van der Waals surface area contributed by atoms with Crippen molar-refractivity contribution in [2.75, 3.05) is 33.8 Å². The Morgan fingerprint density at radius 2 is 1.67 bits per heavy atom. The third kappa shape index (κ3) is 12.7. The van der Waals surface area contributed by atoms with E-state index in [1.807, 2.05) is 41.5 Å². The van der Waals surface area contributed by atoms with E-state index in [2.05, 4.69) is 27.8 Å². The zero-order chi connectivity index (χ0) is 38.7. The molecule has 6 amide bonds. The molecule has 4 atom stereocenters. The zero-order valence-corrected chi connectivity index (χ0v) is 31.7. The number of alkyl carbamates (subject to hydrolysis) is 1. The van der Waals surface area contributed by atoms with Crippen molar-refractivity contribution in [2.24, 2.45) is 16.7 Å². The van der Waals surface area contributed by atoms with Gasteiger partial charge in [-0.2, -0.15) is 0 Å². The highest BCUT2D eigenvalue weighted by molar-refractivity contribution is 6.38. The van der Waals surface area contributed by atoms with Gasteiger partial charge < -0.3 is 35.8 Å². The number of nitrogens with zero attached hydrogens (tertiary/aromatic N) is 2. The van der Waals surface area contributed by atoms with Crippen molar-refractivity contribution in [3.63, 3.8) is 0 Å². The topological polar surface area (TPSA) is 183 Å². The number of likely N-dealkylation sites (N-methyl/N-ethyl adjacent to an activating group) is 1. The summed E-state index contributed by atoms with van der Waals surface area (Å²) in [5.74, 6) is -4.09. The first-order chi connectivity index (χ1) is 23.8. The molecule has 1 aliphatic heterocycles.